The zero-order valence-corrected chi connectivity index (χ0v) is 18.4. The Kier molecular flexibility index (Phi) is 10.1. The summed E-state index contributed by atoms with van der Waals surface area (Å²) in [5, 5.41) is 19.0. The summed E-state index contributed by atoms with van der Waals surface area (Å²) in [7, 11) is 0. The number of aromatic nitrogens is 2. The van der Waals surface area contributed by atoms with Gasteiger partial charge in [-0.05, 0) is 37.1 Å². The molecule has 1 saturated carbocycles. The average molecular weight is 468 g/mol. The van der Waals surface area contributed by atoms with Gasteiger partial charge in [-0.2, -0.15) is 0 Å². The normalized spacial score (nSPS) is 18.5. The minimum Gasteiger partial charge on any atom is -0.480 e. The van der Waals surface area contributed by atoms with E-state index in [0.717, 1.165) is 37.1 Å². The Hall–Kier alpha value is -2.32. The molecule has 2 aromatic heterocycles. The summed E-state index contributed by atoms with van der Waals surface area (Å²) in [4.78, 5) is 35.8. The van der Waals surface area contributed by atoms with Crippen LogP contribution < -0.4 is 0 Å². The maximum absolute atomic E-state index is 11.6. The van der Waals surface area contributed by atoms with E-state index in [0.29, 0.717) is 13.1 Å². The van der Waals surface area contributed by atoms with Crippen molar-refractivity contribution in [1.82, 2.24) is 19.8 Å². The molecule has 1 aliphatic carbocycles. The fraction of sp³-hybridized carbons (Fsp3) is 0.455. The Morgan fingerprint density at radius 1 is 0.806 bits per heavy atom. The summed E-state index contributed by atoms with van der Waals surface area (Å²) in [6.07, 6.45) is 7.02. The molecule has 0 amide bonds. The van der Waals surface area contributed by atoms with Gasteiger partial charge in [0.05, 0.1) is 24.5 Å². The van der Waals surface area contributed by atoms with Crippen LogP contribution in [-0.2, 0) is 39.7 Å². The van der Waals surface area contributed by atoms with Crippen molar-refractivity contribution in [3.8, 4) is 0 Å². The van der Waals surface area contributed by atoms with Crippen LogP contribution in [-0.4, -0.2) is 67.1 Å². The van der Waals surface area contributed by atoms with Gasteiger partial charge < -0.3 is 10.2 Å². The third-order valence-electron chi connectivity index (χ3n) is 5.49. The number of carbonyl (C=O) groups is 2. The third kappa shape index (κ3) is 7.70. The maximum Gasteiger partial charge on any atom is 0.317 e. The van der Waals surface area contributed by atoms with Gasteiger partial charge in [-0.25, -0.2) is 0 Å². The molecule has 2 atom stereocenters. The average Bonchev–Trinajstić information content (AvgIpc) is 2.74. The van der Waals surface area contributed by atoms with Crippen LogP contribution >= 0.6 is 0 Å². The molecule has 0 unspecified atom stereocenters. The van der Waals surface area contributed by atoms with E-state index in [9.17, 15) is 19.8 Å². The van der Waals surface area contributed by atoms with Gasteiger partial charge in [-0.3, -0.25) is 29.4 Å². The van der Waals surface area contributed by atoms with E-state index in [2.05, 4.69) is 9.97 Å². The van der Waals surface area contributed by atoms with E-state index < -0.39 is 11.9 Å². The van der Waals surface area contributed by atoms with Crippen molar-refractivity contribution in [1.29, 1.82) is 0 Å². The van der Waals surface area contributed by atoms with Gasteiger partial charge in [0, 0.05) is 54.6 Å². The summed E-state index contributed by atoms with van der Waals surface area (Å²) in [5.41, 5.74) is 1.61. The number of pyridine rings is 2. The number of carboxylic acid groups (broad SMARTS) is 2. The number of hydrogen-bond donors (Lipinski definition) is 2. The molecule has 9 heteroatoms. The van der Waals surface area contributed by atoms with Gasteiger partial charge in [-0.1, -0.05) is 25.0 Å². The largest absolute Gasteiger partial charge is 0.480 e. The van der Waals surface area contributed by atoms with Crippen molar-refractivity contribution < 1.29 is 36.9 Å². The van der Waals surface area contributed by atoms with Gasteiger partial charge in [0.15, 0.2) is 0 Å². The van der Waals surface area contributed by atoms with Crippen LogP contribution in [0.2, 0.25) is 0 Å². The Morgan fingerprint density at radius 2 is 1.23 bits per heavy atom. The van der Waals surface area contributed by atoms with Crippen LogP contribution in [0.15, 0.2) is 48.8 Å². The molecular weight excluding hydrogens is 440 g/mol. The molecule has 2 N–H and O–H groups in total. The molecule has 0 aliphatic heterocycles. The molecule has 3 rings (SSSR count). The zero-order valence-electron chi connectivity index (χ0n) is 17.3. The quantitative estimate of drug-likeness (QED) is 0.512. The second-order valence-electron chi connectivity index (χ2n) is 7.66. The Morgan fingerprint density at radius 3 is 1.55 bits per heavy atom. The topological polar surface area (TPSA) is 107 Å². The Labute approximate surface area is 192 Å². The van der Waals surface area contributed by atoms with Crippen LogP contribution in [0.25, 0.3) is 0 Å². The monoisotopic (exact) mass is 468 g/mol. The molecule has 2 aromatic rings. The van der Waals surface area contributed by atoms with Crippen molar-refractivity contribution in [2.75, 3.05) is 13.1 Å². The van der Waals surface area contributed by atoms with E-state index in [1.165, 1.54) is 0 Å². The standard InChI is InChI=1S/C22H28N4O4.Fe/c27-21(28)15-25(13-17-7-3-5-11-23-17)19-9-1-2-10-20(19)26(16-22(29)30)14-18-8-4-6-12-24-18;/h3-8,11-12,19-20H,1-2,9-10,13-16H2,(H,27,28)(H,29,30);/t19-,20-;/m1./s1. The van der Waals surface area contributed by atoms with Crippen LogP contribution in [0.5, 0.6) is 0 Å². The van der Waals surface area contributed by atoms with Crippen molar-refractivity contribution >= 4 is 11.9 Å². The SMILES string of the molecule is O=C(O)CN(Cc1ccccn1)[C@@H]1CCCC[C@H]1N(CC(=O)O)Cc1ccccn1.[Fe]. The van der Waals surface area contributed by atoms with E-state index in [4.69, 9.17) is 0 Å². The van der Waals surface area contributed by atoms with Gasteiger partial charge in [0.1, 0.15) is 0 Å². The third-order valence-corrected chi connectivity index (χ3v) is 5.49. The van der Waals surface area contributed by atoms with Gasteiger partial charge in [0.2, 0.25) is 0 Å². The number of hydrogen-bond acceptors (Lipinski definition) is 6. The second kappa shape index (κ2) is 12.5. The minimum atomic E-state index is -0.898. The van der Waals surface area contributed by atoms with Crippen LogP contribution in [0, 0.1) is 0 Å². The van der Waals surface area contributed by atoms with E-state index in [1.807, 2.05) is 46.2 Å². The smallest absolute Gasteiger partial charge is 0.317 e. The van der Waals surface area contributed by atoms with E-state index in [1.54, 1.807) is 12.4 Å². The van der Waals surface area contributed by atoms with Crippen molar-refractivity contribution in [2.45, 2.75) is 50.9 Å². The molecule has 0 saturated heterocycles. The molecule has 168 valence electrons. The molecule has 31 heavy (non-hydrogen) atoms. The first-order valence-corrected chi connectivity index (χ1v) is 10.2. The molecule has 2 heterocycles. The van der Waals surface area contributed by atoms with Gasteiger partial charge in [0.25, 0.3) is 0 Å². The Balaban J connectivity index is 0.00000341. The first-order chi connectivity index (χ1) is 14.5. The number of nitrogens with zero attached hydrogens (tertiary/aromatic N) is 4. The summed E-state index contributed by atoms with van der Waals surface area (Å²) in [6, 6.07) is 11.1. The predicted octanol–water partition coefficient (Wildman–Crippen LogP) is 2.26. The maximum atomic E-state index is 11.6. The summed E-state index contributed by atoms with van der Waals surface area (Å²) in [5.74, 6) is -1.80. The molecule has 0 aromatic carbocycles. The van der Waals surface area contributed by atoms with Crippen molar-refractivity contribution in [3.63, 3.8) is 0 Å². The second-order valence-corrected chi connectivity index (χ2v) is 7.66. The summed E-state index contributed by atoms with van der Waals surface area (Å²) in [6.45, 7) is 0.613. The van der Waals surface area contributed by atoms with Crippen LogP contribution in [0.3, 0.4) is 0 Å². The molecule has 0 bridgehead atoms. The first kappa shape index (κ1) is 24.9. The predicted molar refractivity (Wildman–Crippen MR) is 111 cm³/mol. The number of carboxylic acids is 2. The van der Waals surface area contributed by atoms with Crippen LogP contribution in [0.1, 0.15) is 37.1 Å². The molecule has 1 aliphatic rings. The van der Waals surface area contributed by atoms with Crippen LogP contribution in [0.4, 0.5) is 0 Å². The van der Waals surface area contributed by atoms with E-state index >= 15 is 0 Å². The fourth-order valence-corrected chi connectivity index (χ4v) is 4.27. The number of aliphatic carboxylic acids is 2. The fourth-order valence-electron chi connectivity index (χ4n) is 4.27. The molecule has 0 radical (unpaired) electrons. The molecule has 1 fully saturated rings. The molecule has 0 spiro atoms. The summed E-state index contributed by atoms with van der Waals surface area (Å²) >= 11 is 0. The van der Waals surface area contributed by atoms with Gasteiger partial charge in [-0.15, -0.1) is 0 Å². The first-order valence-electron chi connectivity index (χ1n) is 10.2. The van der Waals surface area contributed by atoms with Crippen molar-refractivity contribution in [3.05, 3.63) is 60.2 Å². The van der Waals surface area contributed by atoms with E-state index in [-0.39, 0.29) is 42.2 Å². The van der Waals surface area contributed by atoms with Gasteiger partial charge >= 0.3 is 11.9 Å². The Bertz CT molecular complexity index is 755. The molecule has 8 nitrogen and oxygen atoms in total. The minimum absolute atomic E-state index is 0. The summed E-state index contributed by atoms with van der Waals surface area (Å²) < 4.78 is 0. The number of rotatable bonds is 10. The van der Waals surface area contributed by atoms with Crippen molar-refractivity contribution in [2.24, 2.45) is 0 Å². The molecular formula is C22H28FeN4O4. The zero-order chi connectivity index (χ0) is 21.3.